The van der Waals surface area contributed by atoms with Gasteiger partial charge in [0.2, 0.25) is 12.5 Å². The summed E-state index contributed by atoms with van der Waals surface area (Å²) in [6, 6.07) is 0. The molecular formula is C20H25F3N6O2. The minimum Gasteiger partial charge on any atom is -0.365 e. The molecule has 4 rings (SSSR count). The topological polar surface area (TPSA) is 97.6 Å². The van der Waals surface area contributed by atoms with E-state index in [2.05, 4.69) is 15.3 Å². The molecule has 1 aliphatic heterocycles. The smallest absolute Gasteiger partial charge is 0.365 e. The predicted molar refractivity (Wildman–Crippen MR) is 105 cm³/mol. The van der Waals surface area contributed by atoms with Crippen molar-refractivity contribution < 1.29 is 22.8 Å². The Labute approximate surface area is 177 Å². The zero-order valence-corrected chi connectivity index (χ0v) is 17.0. The Morgan fingerprint density at radius 3 is 2.45 bits per heavy atom. The van der Waals surface area contributed by atoms with Crippen molar-refractivity contribution >= 4 is 17.6 Å². The monoisotopic (exact) mass is 438 g/mol. The van der Waals surface area contributed by atoms with Gasteiger partial charge >= 0.3 is 6.18 Å². The Hall–Kier alpha value is -2.61. The molecular weight excluding hydrogens is 413 g/mol. The van der Waals surface area contributed by atoms with E-state index in [1.165, 1.54) is 15.8 Å². The highest BCUT2D eigenvalue weighted by atomic mass is 19.4. The van der Waals surface area contributed by atoms with E-state index in [9.17, 15) is 22.8 Å². The molecule has 1 spiro atoms. The maximum absolute atomic E-state index is 12.7. The molecule has 0 aromatic carbocycles. The number of anilines is 1. The zero-order valence-electron chi connectivity index (χ0n) is 17.0. The van der Waals surface area contributed by atoms with E-state index >= 15 is 0 Å². The number of piperidine rings is 1. The fraction of sp³-hybridized carbons (Fsp3) is 0.700. The van der Waals surface area contributed by atoms with Gasteiger partial charge in [0.1, 0.15) is 11.1 Å². The number of primary amides is 1. The fourth-order valence-corrected chi connectivity index (χ4v) is 4.98. The molecule has 2 aliphatic carbocycles. The van der Waals surface area contributed by atoms with Crippen molar-refractivity contribution in [3.63, 3.8) is 0 Å². The number of likely N-dealkylation sites (tertiary alicyclic amines) is 1. The number of nitrogens with one attached hydrogen (secondary N) is 1. The van der Waals surface area contributed by atoms with E-state index in [0.717, 1.165) is 25.7 Å². The molecule has 0 radical (unpaired) electrons. The van der Waals surface area contributed by atoms with E-state index in [1.807, 2.05) is 0 Å². The van der Waals surface area contributed by atoms with Crippen LogP contribution in [0, 0.1) is 17.9 Å². The summed E-state index contributed by atoms with van der Waals surface area (Å²) in [5.41, 5.74) is 4.78. The number of nitrogens with two attached hydrogens (primary N) is 1. The molecule has 2 amide bonds. The average molecular weight is 438 g/mol. The number of aromatic nitrogens is 2. The molecule has 1 atom stereocenters. The lowest BCUT2D eigenvalue weighted by Gasteiger charge is -2.38. The SMILES string of the molecule is [C-]#[N+]CC1(n2cc(C(N)=O)c(NC(=O)[C@H]3CC34CCC4)n2)CCN(CC(F)(F)F)CC1. The van der Waals surface area contributed by atoms with Gasteiger partial charge in [-0.15, -0.1) is 0 Å². The van der Waals surface area contributed by atoms with Crippen molar-refractivity contribution in [2.75, 3.05) is 31.5 Å². The van der Waals surface area contributed by atoms with Crippen LogP contribution in [0.15, 0.2) is 6.20 Å². The van der Waals surface area contributed by atoms with Crippen LogP contribution in [-0.4, -0.2) is 58.9 Å². The highest BCUT2D eigenvalue weighted by Gasteiger charge is 2.61. The maximum atomic E-state index is 12.7. The quantitative estimate of drug-likeness (QED) is 0.667. The summed E-state index contributed by atoms with van der Waals surface area (Å²) < 4.78 is 39.6. The Morgan fingerprint density at radius 2 is 1.97 bits per heavy atom. The van der Waals surface area contributed by atoms with Crippen molar-refractivity contribution in [1.82, 2.24) is 14.7 Å². The standard InChI is InChI=1S/C20H25F3N6O2/c1-25-11-19(5-7-28(8-6-19)12-20(21,22)23)29-10-13(15(24)30)16(27-29)26-17(31)14-9-18(14)3-2-4-18/h10,14H,2-9,11-12H2,(H2,24,30)(H,26,27,31)/t14-/m1/s1. The zero-order chi connectivity index (χ0) is 22.4. The molecule has 0 bridgehead atoms. The second-order valence-corrected chi connectivity index (χ2v) is 9.09. The minimum absolute atomic E-state index is 0.00582. The Balaban J connectivity index is 1.53. The summed E-state index contributed by atoms with van der Waals surface area (Å²) in [4.78, 5) is 29.4. The summed E-state index contributed by atoms with van der Waals surface area (Å²) in [7, 11) is 0. The molecule has 1 aromatic heterocycles. The Kier molecular flexibility index (Phi) is 5.24. The summed E-state index contributed by atoms with van der Waals surface area (Å²) in [6.45, 7) is 6.63. The minimum atomic E-state index is -4.29. The lowest BCUT2D eigenvalue weighted by Crippen LogP contribution is -2.50. The normalized spacial score (nSPS) is 24.3. The van der Waals surface area contributed by atoms with Gasteiger partial charge in [-0.3, -0.25) is 19.2 Å². The number of carbonyl (C=O) groups is 2. The molecule has 31 heavy (non-hydrogen) atoms. The van der Waals surface area contributed by atoms with Crippen LogP contribution < -0.4 is 11.1 Å². The number of rotatable bonds is 6. The molecule has 3 N–H and O–H groups in total. The molecule has 0 unspecified atom stereocenters. The highest BCUT2D eigenvalue weighted by molar-refractivity contribution is 6.03. The molecule has 3 fully saturated rings. The van der Waals surface area contributed by atoms with Crippen LogP contribution in [0.3, 0.4) is 0 Å². The first-order chi connectivity index (χ1) is 14.6. The largest absolute Gasteiger partial charge is 0.401 e. The van der Waals surface area contributed by atoms with E-state index < -0.39 is 24.2 Å². The highest BCUT2D eigenvalue weighted by Crippen LogP contribution is 2.65. The van der Waals surface area contributed by atoms with Crippen LogP contribution in [-0.2, 0) is 10.3 Å². The van der Waals surface area contributed by atoms with E-state index in [0.29, 0.717) is 0 Å². The van der Waals surface area contributed by atoms with Gasteiger partial charge in [-0.2, -0.15) is 18.3 Å². The van der Waals surface area contributed by atoms with Crippen LogP contribution in [0.2, 0.25) is 0 Å². The van der Waals surface area contributed by atoms with Crippen LogP contribution >= 0.6 is 0 Å². The first-order valence-corrected chi connectivity index (χ1v) is 10.4. The van der Waals surface area contributed by atoms with Crippen LogP contribution in [0.25, 0.3) is 4.85 Å². The number of carbonyl (C=O) groups excluding carboxylic acids is 2. The summed E-state index contributed by atoms with van der Waals surface area (Å²) in [6.07, 6.45) is 1.68. The molecule has 2 saturated carbocycles. The predicted octanol–water partition coefficient (Wildman–Crippen LogP) is 2.38. The second kappa shape index (κ2) is 7.51. The van der Waals surface area contributed by atoms with Gasteiger partial charge < -0.3 is 15.9 Å². The molecule has 3 aliphatic rings. The molecule has 11 heteroatoms. The third-order valence-corrected chi connectivity index (χ3v) is 7.13. The van der Waals surface area contributed by atoms with Gasteiger partial charge in [0.25, 0.3) is 5.91 Å². The lowest BCUT2D eigenvalue weighted by molar-refractivity contribution is -0.150. The van der Waals surface area contributed by atoms with E-state index in [1.54, 1.807) is 0 Å². The Morgan fingerprint density at radius 1 is 1.29 bits per heavy atom. The molecule has 1 aromatic rings. The molecule has 1 saturated heterocycles. The summed E-state index contributed by atoms with van der Waals surface area (Å²) in [5.74, 6) is -0.981. The number of halogens is 3. The second-order valence-electron chi connectivity index (χ2n) is 9.09. The Bertz CT molecular complexity index is 922. The van der Waals surface area contributed by atoms with Crippen molar-refractivity contribution in [2.24, 2.45) is 17.1 Å². The van der Waals surface area contributed by atoms with Gasteiger partial charge in [0, 0.05) is 25.2 Å². The van der Waals surface area contributed by atoms with Crippen molar-refractivity contribution in [2.45, 2.75) is 50.2 Å². The number of amides is 2. The summed E-state index contributed by atoms with van der Waals surface area (Å²) in [5, 5.41) is 7.11. The summed E-state index contributed by atoms with van der Waals surface area (Å²) >= 11 is 0. The first kappa shape index (κ1) is 21.6. The molecule has 168 valence electrons. The number of alkyl halides is 3. The fourth-order valence-electron chi connectivity index (χ4n) is 4.98. The first-order valence-electron chi connectivity index (χ1n) is 10.4. The van der Waals surface area contributed by atoms with E-state index in [-0.39, 0.29) is 61.1 Å². The van der Waals surface area contributed by atoms with Crippen LogP contribution in [0.5, 0.6) is 0 Å². The maximum Gasteiger partial charge on any atom is 0.401 e. The van der Waals surface area contributed by atoms with Crippen molar-refractivity contribution in [1.29, 1.82) is 0 Å². The third-order valence-electron chi connectivity index (χ3n) is 7.13. The number of hydrogen-bond acceptors (Lipinski definition) is 4. The molecule has 8 nitrogen and oxygen atoms in total. The van der Waals surface area contributed by atoms with Gasteiger partial charge in [0.15, 0.2) is 5.82 Å². The van der Waals surface area contributed by atoms with Crippen molar-refractivity contribution in [3.8, 4) is 0 Å². The van der Waals surface area contributed by atoms with Crippen molar-refractivity contribution in [3.05, 3.63) is 23.2 Å². The van der Waals surface area contributed by atoms with Gasteiger partial charge in [-0.05, 0) is 37.5 Å². The number of nitrogens with zero attached hydrogens (tertiary/aromatic N) is 4. The van der Waals surface area contributed by atoms with Gasteiger partial charge in [0.05, 0.1) is 6.54 Å². The third kappa shape index (κ3) is 4.13. The lowest BCUT2D eigenvalue weighted by atomic mass is 9.80. The van der Waals surface area contributed by atoms with Gasteiger partial charge in [-0.25, -0.2) is 6.57 Å². The average Bonchev–Trinajstić information content (AvgIpc) is 3.30. The van der Waals surface area contributed by atoms with E-state index in [4.69, 9.17) is 12.3 Å². The molecule has 2 heterocycles. The van der Waals surface area contributed by atoms with Crippen LogP contribution in [0.1, 0.15) is 48.9 Å². The number of hydrogen-bond donors (Lipinski definition) is 2. The van der Waals surface area contributed by atoms with Crippen LogP contribution in [0.4, 0.5) is 19.0 Å². The van der Waals surface area contributed by atoms with Gasteiger partial charge in [-0.1, -0.05) is 6.42 Å².